The molecule has 0 saturated heterocycles. The highest BCUT2D eigenvalue weighted by Gasteiger charge is 2.17. The van der Waals surface area contributed by atoms with E-state index in [9.17, 15) is 4.79 Å². The van der Waals surface area contributed by atoms with Gasteiger partial charge in [-0.25, -0.2) is 0 Å². The molecule has 120 valence electrons. The number of halogens is 2. The SMILES string of the molecule is COc1ccc(Br)c(C(=O)N(C)CCC(N)C(C)C)c1.Cl. The molecule has 0 aromatic heterocycles. The normalized spacial score (nSPS) is 11.8. The van der Waals surface area contributed by atoms with Gasteiger partial charge in [-0.2, -0.15) is 0 Å². The van der Waals surface area contributed by atoms with Crippen LogP contribution in [0.15, 0.2) is 22.7 Å². The Kier molecular flexibility index (Phi) is 8.94. The molecule has 0 heterocycles. The Labute approximate surface area is 141 Å². The zero-order valence-electron chi connectivity index (χ0n) is 12.9. The van der Waals surface area contributed by atoms with Crippen LogP contribution in [-0.4, -0.2) is 37.6 Å². The summed E-state index contributed by atoms with van der Waals surface area (Å²) in [6, 6.07) is 5.49. The first-order valence-corrected chi connectivity index (χ1v) is 7.50. The van der Waals surface area contributed by atoms with Crippen molar-refractivity contribution >= 4 is 34.2 Å². The second-order valence-corrected chi connectivity index (χ2v) is 6.12. The molecule has 1 aromatic carbocycles. The Bertz CT molecular complexity index is 469. The number of methoxy groups -OCH3 is 1. The Morgan fingerprint density at radius 2 is 2.05 bits per heavy atom. The fourth-order valence-corrected chi connectivity index (χ4v) is 2.19. The zero-order chi connectivity index (χ0) is 15.3. The first kappa shape index (κ1) is 20.2. The molecule has 0 bridgehead atoms. The Balaban J connectivity index is 0.00000400. The Morgan fingerprint density at radius 3 is 2.57 bits per heavy atom. The fraction of sp³-hybridized carbons (Fsp3) is 0.533. The molecule has 4 nitrogen and oxygen atoms in total. The second kappa shape index (κ2) is 9.28. The summed E-state index contributed by atoms with van der Waals surface area (Å²) in [5.41, 5.74) is 6.61. The number of carbonyl (C=O) groups is 1. The van der Waals surface area contributed by atoms with Gasteiger partial charge >= 0.3 is 0 Å². The van der Waals surface area contributed by atoms with Crippen molar-refractivity contribution in [2.45, 2.75) is 26.3 Å². The van der Waals surface area contributed by atoms with E-state index in [4.69, 9.17) is 10.5 Å². The summed E-state index contributed by atoms with van der Waals surface area (Å²) in [5, 5.41) is 0. The topological polar surface area (TPSA) is 55.6 Å². The van der Waals surface area contributed by atoms with Crippen molar-refractivity contribution in [1.82, 2.24) is 4.90 Å². The molecule has 0 aliphatic heterocycles. The van der Waals surface area contributed by atoms with Crippen molar-refractivity contribution in [3.05, 3.63) is 28.2 Å². The third-order valence-corrected chi connectivity index (χ3v) is 4.10. The summed E-state index contributed by atoms with van der Waals surface area (Å²) in [6.07, 6.45) is 0.793. The largest absolute Gasteiger partial charge is 0.497 e. The third-order valence-electron chi connectivity index (χ3n) is 3.40. The fourth-order valence-electron chi connectivity index (χ4n) is 1.78. The van der Waals surface area contributed by atoms with Crippen LogP contribution >= 0.6 is 28.3 Å². The highest BCUT2D eigenvalue weighted by molar-refractivity contribution is 9.10. The summed E-state index contributed by atoms with van der Waals surface area (Å²) in [7, 11) is 3.38. The number of rotatable bonds is 6. The van der Waals surface area contributed by atoms with Crippen molar-refractivity contribution in [1.29, 1.82) is 0 Å². The van der Waals surface area contributed by atoms with Gasteiger partial charge in [0.2, 0.25) is 0 Å². The standard InChI is InChI=1S/C15H23BrN2O2.ClH/c1-10(2)14(17)7-8-18(3)15(19)12-9-11(20-4)5-6-13(12)16;/h5-6,9-10,14H,7-8,17H2,1-4H3;1H. The van der Waals surface area contributed by atoms with Crippen LogP contribution < -0.4 is 10.5 Å². The van der Waals surface area contributed by atoms with Gasteiger partial charge in [-0.05, 0) is 46.5 Å². The lowest BCUT2D eigenvalue weighted by molar-refractivity contribution is 0.0788. The maximum atomic E-state index is 12.4. The molecule has 0 aliphatic carbocycles. The molecule has 6 heteroatoms. The van der Waals surface area contributed by atoms with Crippen molar-refractivity contribution in [3.63, 3.8) is 0 Å². The molecule has 0 fully saturated rings. The molecule has 21 heavy (non-hydrogen) atoms. The van der Waals surface area contributed by atoms with E-state index in [-0.39, 0.29) is 24.4 Å². The van der Waals surface area contributed by atoms with Crippen LogP contribution in [0.1, 0.15) is 30.6 Å². The zero-order valence-corrected chi connectivity index (χ0v) is 15.3. The predicted octanol–water partition coefficient (Wildman–Crippen LogP) is 3.32. The van der Waals surface area contributed by atoms with Gasteiger partial charge in [-0.1, -0.05) is 13.8 Å². The summed E-state index contributed by atoms with van der Waals surface area (Å²) < 4.78 is 5.92. The monoisotopic (exact) mass is 378 g/mol. The van der Waals surface area contributed by atoms with Gasteiger partial charge < -0.3 is 15.4 Å². The molecule has 1 aromatic rings. The van der Waals surface area contributed by atoms with Crippen molar-refractivity contribution in [2.24, 2.45) is 11.7 Å². The van der Waals surface area contributed by atoms with E-state index < -0.39 is 0 Å². The van der Waals surface area contributed by atoms with E-state index in [2.05, 4.69) is 29.8 Å². The minimum Gasteiger partial charge on any atom is -0.497 e. The molecule has 0 radical (unpaired) electrons. The smallest absolute Gasteiger partial charge is 0.254 e. The van der Waals surface area contributed by atoms with Crippen LogP contribution in [0.5, 0.6) is 5.75 Å². The molecule has 0 aliphatic rings. The maximum Gasteiger partial charge on any atom is 0.254 e. The minimum absolute atomic E-state index is 0. The van der Waals surface area contributed by atoms with E-state index in [0.29, 0.717) is 23.8 Å². The Morgan fingerprint density at radius 1 is 1.43 bits per heavy atom. The molecule has 0 saturated carbocycles. The van der Waals surface area contributed by atoms with E-state index in [1.165, 1.54) is 0 Å². The predicted molar refractivity (Wildman–Crippen MR) is 92.3 cm³/mol. The van der Waals surface area contributed by atoms with E-state index in [1.54, 1.807) is 25.1 Å². The average molecular weight is 380 g/mol. The summed E-state index contributed by atoms with van der Waals surface area (Å²) in [4.78, 5) is 14.1. The van der Waals surface area contributed by atoms with Gasteiger partial charge in [0.05, 0.1) is 12.7 Å². The number of nitrogens with two attached hydrogens (primary N) is 1. The average Bonchev–Trinajstić information content (AvgIpc) is 2.43. The number of hydrogen-bond donors (Lipinski definition) is 1. The molecule has 2 N–H and O–H groups in total. The highest BCUT2D eigenvalue weighted by Crippen LogP contribution is 2.23. The molecule has 0 spiro atoms. The number of carbonyl (C=O) groups excluding carboxylic acids is 1. The maximum absolute atomic E-state index is 12.4. The molecule has 1 rings (SSSR count). The lowest BCUT2D eigenvalue weighted by Crippen LogP contribution is -2.34. The lowest BCUT2D eigenvalue weighted by Gasteiger charge is -2.22. The first-order chi connectivity index (χ1) is 9.36. The van der Waals surface area contributed by atoms with Gasteiger partial charge in [0, 0.05) is 24.1 Å². The van der Waals surface area contributed by atoms with Gasteiger partial charge in [0.1, 0.15) is 5.75 Å². The van der Waals surface area contributed by atoms with Crippen LogP contribution in [0.3, 0.4) is 0 Å². The van der Waals surface area contributed by atoms with Gasteiger partial charge in [0.15, 0.2) is 0 Å². The number of nitrogens with zero attached hydrogens (tertiary/aromatic N) is 1. The van der Waals surface area contributed by atoms with Crippen LogP contribution in [0.25, 0.3) is 0 Å². The van der Waals surface area contributed by atoms with E-state index in [1.807, 2.05) is 12.1 Å². The molecule has 1 atom stereocenters. The quantitative estimate of drug-likeness (QED) is 0.825. The van der Waals surface area contributed by atoms with Crippen LogP contribution in [0, 0.1) is 5.92 Å². The van der Waals surface area contributed by atoms with E-state index >= 15 is 0 Å². The summed E-state index contributed by atoms with van der Waals surface area (Å²) in [5.74, 6) is 1.05. The van der Waals surface area contributed by atoms with E-state index in [0.717, 1.165) is 10.9 Å². The lowest BCUT2D eigenvalue weighted by atomic mass is 10.0. The number of amides is 1. The molecular formula is C15H24BrClN2O2. The molecule has 1 amide bonds. The van der Waals surface area contributed by atoms with Crippen LogP contribution in [0.2, 0.25) is 0 Å². The van der Waals surface area contributed by atoms with Crippen LogP contribution in [0.4, 0.5) is 0 Å². The van der Waals surface area contributed by atoms with Crippen molar-refractivity contribution in [3.8, 4) is 5.75 Å². The minimum atomic E-state index is -0.0354. The number of hydrogen-bond acceptors (Lipinski definition) is 3. The third kappa shape index (κ3) is 5.85. The van der Waals surface area contributed by atoms with Gasteiger partial charge in [-0.3, -0.25) is 4.79 Å². The van der Waals surface area contributed by atoms with Crippen molar-refractivity contribution < 1.29 is 9.53 Å². The second-order valence-electron chi connectivity index (χ2n) is 5.27. The van der Waals surface area contributed by atoms with Crippen LogP contribution in [-0.2, 0) is 0 Å². The number of ether oxygens (including phenoxy) is 1. The Hall–Kier alpha value is -0.780. The molecular weight excluding hydrogens is 356 g/mol. The highest BCUT2D eigenvalue weighted by atomic mass is 79.9. The van der Waals surface area contributed by atoms with Crippen molar-refractivity contribution in [2.75, 3.05) is 20.7 Å². The van der Waals surface area contributed by atoms with Gasteiger partial charge in [0.25, 0.3) is 5.91 Å². The van der Waals surface area contributed by atoms with Gasteiger partial charge in [-0.15, -0.1) is 12.4 Å². The summed E-state index contributed by atoms with van der Waals surface area (Å²) in [6.45, 7) is 4.82. The summed E-state index contributed by atoms with van der Waals surface area (Å²) >= 11 is 3.40. The molecule has 1 unspecified atom stereocenters. The first-order valence-electron chi connectivity index (χ1n) is 6.71. The number of benzene rings is 1.